The highest BCUT2D eigenvalue weighted by Crippen LogP contribution is 2.76. The molecule has 3 heterocycles. The Kier molecular flexibility index (Phi) is 13.4. The third-order valence-electron chi connectivity index (χ3n) is 19.2. The fourth-order valence-corrected chi connectivity index (χ4v) is 15.0. The number of allylic oxidation sites excluding steroid dienone is 2. The lowest BCUT2D eigenvalue weighted by atomic mass is 9.33. The van der Waals surface area contributed by atoms with Crippen LogP contribution in [-0.4, -0.2) is 168 Å². The van der Waals surface area contributed by atoms with Crippen molar-refractivity contribution in [1.82, 2.24) is 0 Å². The van der Waals surface area contributed by atoms with Crippen LogP contribution in [0.2, 0.25) is 0 Å². The summed E-state index contributed by atoms with van der Waals surface area (Å²) in [4.78, 5) is 26.8. The summed E-state index contributed by atoms with van der Waals surface area (Å²) in [5.74, 6) is -1.76. The Hall–Kier alpha value is -1.88. The van der Waals surface area contributed by atoms with Crippen LogP contribution >= 0.6 is 0 Å². The number of esters is 1. The predicted octanol–water partition coefficient (Wildman–Crippen LogP) is 1.26. The Labute approximate surface area is 386 Å². The molecule has 0 bridgehead atoms. The Bertz CT molecular complexity index is 1860. The maximum absolute atomic E-state index is 14.9. The highest BCUT2D eigenvalue weighted by atomic mass is 16.7. The largest absolute Gasteiger partial charge is 0.479 e. The quantitative estimate of drug-likeness (QED) is 0.0931. The molecule has 8 aliphatic rings. The van der Waals surface area contributed by atoms with Gasteiger partial charge >= 0.3 is 11.9 Å². The summed E-state index contributed by atoms with van der Waals surface area (Å²) in [5, 5.41) is 106. The van der Waals surface area contributed by atoms with Crippen molar-refractivity contribution in [2.75, 3.05) is 6.61 Å². The minimum Gasteiger partial charge on any atom is -0.479 e. The Morgan fingerprint density at radius 2 is 1.30 bits per heavy atom. The molecule has 23 atom stereocenters. The molecule has 5 aliphatic carbocycles. The molecule has 10 N–H and O–H groups in total. The maximum Gasteiger partial charge on any atom is 0.335 e. The van der Waals surface area contributed by atoms with Gasteiger partial charge in [0, 0.05) is 0 Å². The summed E-state index contributed by atoms with van der Waals surface area (Å²) in [6, 6.07) is 0. The number of ether oxygens (including phenoxy) is 6. The molecular weight excluding hydrogens is 865 g/mol. The molecule has 0 aromatic carbocycles. The molecule has 66 heavy (non-hydrogen) atoms. The van der Waals surface area contributed by atoms with Crippen molar-refractivity contribution >= 4 is 11.9 Å². The Morgan fingerprint density at radius 1 is 0.682 bits per heavy atom. The number of aliphatic carboxylic acids is 1. The van der Waals surface area contributed by atoms with E-state index in [1.807, 2.05) is 0 Å². The Morgan fingerprint density at radius 3 is 1.95 bits per heavy atom. The zero-order chi connectivity index (χ0) is 48.4. The van der Waals surface area contributed by atoms with Crippen molar-refractivity contribution < 1.29 is 89.1 Å². The minimum absolute atomic E-state index is 0.0952. The second-order valence-electron chi connectivity index (χ2n) is 23.5. The number of fused-ring (bicyclic) bond motifs is 7. The minimum atomic E-state index is -1.81. The lowest BCUT2D eigenvalue weighted by molar-refractivity contribution is -0.353. The van der Waals surface area contributed by atoms with Gasteiger partial charge in [0.15, 0.2) is 18.7 Å². The topological polar surface area (TPSA) is 292 Å². The molecule has 18 nitrogen and oxygen atoms in total. The zero-order valence-corrected chi connectivity index (χ0v) is 39.6. The van der Waals surface area contributed by atoms with Gasteiger partial charge in [-0.15, -0.1) is 0 Å². The second-order valence-corrected chi connectivity index (χ2v) is 23.5. The van der Waals surface area contributed by atoms with Crippen LogP contribution in [0.4, 0.5) is 0 Å². The average molecular weight is 941 g/mol. The first kappa shape index (κ1) is 50.5. The summed E-state index contributed by atoms with van der Waals surface area (Å²) in [6.07, 6.45) is -14.5. The molecule has 7 fully saturated rings. The summed E-state index contributed by atoms with van der Waals surface area (Å²) < 4.78 is 35.4. The van der Waals surface area contributed by atoms with E-state index in [-0.39, 0.29) is 39.4 Å². The first-order valence-electron chi connectivity index (χ1n) is 24.2. The van der Waals surface area contributed by atoms with Crippen LogP contribution in [0.1, 0.15) is 120 Å². The zero-order valence-electron chi connectivity index (χ0n) is 39.6. The highest BCUT2D eigenvalue weighted by molar-refractivity contribution is 5.79. The molecule has 3 saturated heterocycles. The van der Waals surface area contributed by atoms with Crippen molar-refractivity contribution in [2.45, 2.75) is 218 Å². The molecule has 18 heteroatoms. The van der Waals surface area contributed by atoms with E-state index in [1.54, 1.807) is 0 Å². The third-order valence-corrected chi connectivity index (χ3v) is 19.2. The summed E-state index contributed by atoms with van der Waals surface area (Å²) in [5.41, 5.74) is -0.846. The molecule has 0 spiro atoms. The summed E-state index contributed by atoms with van der Waals surface area (Å²) in [7, 11) is 0. The molecule has 0 amide bonds. The maximum atomic E-state index is 14.9. The number of carbonyl (C=O) groups is 2. The van der Waals surface area contributed by atoms with Crippen LogP contribution in [0, 0.1) is 50.2 Å². The smallest absolute Gasteiger partial charge is 0.335 e. The Balaban J connectivity index is 1.02. The van der Waals surface area contributed by atoms with Gasteiger partial charge in [-0.2, -0.15) is 0 Å². The number of hydrogen-bond donors (Lipinski definition) is 10. The van der Waals surface area contributed by atoms with E-state index in [2.05, 4.69) is 54.5 Å². The van der Waals surface area contributed by atoms with Crippen LogP contribution < -0.4 is 0 Å². The van der Waals surface area contributed by atoms with Crippen LogP contribution in [-0.2, 0) is 38.0 Å². The van der Waals surface area contributed by atoms with Gasteiger partial charge in [-0.05, 0) is 116 Å². The molecule has 23 unspecified atom stereocenters. The van der Waals surface area contributed by atoms with Gasteiger partial charge in [0.1, 0.15) is 61.0 Å². The van der Waals surface area contributed by atoms with E-state index >= 15 is 0 Å². The van der Waals surface area contributed by atoms with Crippen LogP contribution in [0.5, 0.6) is 0 Å². The van der Waals surface area contributed by atoms with Gasteiger partial charge in [-0.25, -0.2) is 4.79 Å². The first-order chi connectivity index (χ1) is 30.7. The number of carboxylic acid groups (broad SMARTS) is 1. The lowest BCUT2D eigenvalue weighted by Crippen LogP contribution is -2.66. The lowest BCUT2D eigenvalue weighted by Gasteiger charge is -2.71. The van der Waals surface area contributed by atoms with Crippen molar-refractivity contribution in [3.8, 4) is 0 Å². The van der Waals surface area contributed by atoms with Crippen molar-refractivity contribution in [2.24, 2.45) is 50.2 Å². The monoisotopic (exact) mass is 941 g/mol. The number of carboxylic acids is 1. The average Bonchev–Trinajstić information content (AvgIpc) is 3.25. The van der Waals surface area contributed by atoms with Crippen molar-refractivity contribution in [3.63, 3.8) is 0 Å². The van der Waals surface area contributed by atoms with E-state index < -0.39 is 128 Å². The normalized spacial score (nSPS) is 53.2. The molecular formula is C48H76O18. The van der Waals surface area contributed by atoms with E-state index in [4.69, 9.17) is 28.4 Å². The molecule has 0 radical (unpaired) electrons. The van der Waals surface area contributed by atoms with Crippen LogP contribution in [0.15, 0.2) is 11.6 Å². The van der Waals surface area contributed by atoms with E-state index in [1.165, 1.54) is 12.5 Å². The van der Waals surface area contributed by atoms with Gasteiger partial charge in [0.25, 0.3) is 0 Å². The van der Waals surface area contributed by atoms with E-state index in [0.29, 0.717) is 25.7 Å². The first-order valence-corrected chi connectivity index (χ1v) is 24.2. The molecule has 8 rings (SSSR count). The second kappa shape index (κ2) is 17.5. The van der Waals surface area contributed by atoms with Crippen LogP contribution in [0.3, 0.4) is 0 Å². The molecule has 3 aliphatic heterocycles. The number of carbonyl (C=O) groups excluding carboxylic acids is 1. The SMILES string of the molecule is CC1OC(OC2C(CO)OC(OC(=O)C34CCC(C)(C)CC3C3=CCC5C6(C)CCC(OC7OC(C(=O)O)C(O)C(O)C7O)C(C)(C)C6CCC5(C)C3(C)CC4)C(O)C2O)C(O)C(O)C1O. The predicted molar refractivity (Wildman–Crippen MR) is 229 cm³/mol. The van der Waals surface area contributed by atoms with Gasteiger partial charge in [0.2, 0.25) is 6.29 Å². The molecule has 376 valence electrons. The van der Waals surface area contributed by atoms with E-state index in [9.17, 15) is 60.7 Å². The van der Waals surface area contributed by atoms with Gasteiger partial charge < -0.3 is 79.5 Å². The highest BCUT2D eigenvalue weighted by Gasteiger charge is 2.70. The number of hydrogen-bond acceptors (Lipinski definition) is 17. The number of aliphatic hydroxyl groups is 9. The standard InChI is InChI=1S/C48H76O18/c1-21-28(50)29(51)33(55)39(61-21)64-36-24(20-49)62-40(35(57)32(36)54)66-42(60)48-17-15-43(2,3)19-23(48)22-9-10-26-45(6)13-12-27(63-41-34(56)30(52)31(53)37(65-41)38(58)59)44(4,5)25(45)11-14-47(26,8)46(22,7)16-18-48/h9,21,23-37,39-41,49-57H,10-20H2,1-8H3,(H,58,59). The summed E-state index contributed by atoms with van der Waals surface area (Å²) in [6.45, 7) is 16.7. The van der Waals surface area contributed by atoms with E-state index in [0.717, 1.165) is 38.5 Å². The van der Waals surface area contributed by atoms with Crippen molar-refractivity contribution in [3.05, 3.63) is 11.6 Å². The van der Waals surface area contributed by atoms with Gasteiger partial charge in [-0.1, -0.05) is 60.1 Å². The number of aliphatic hydroxyl groups excluding tert-OH is 9. The fraction of sp³-hybridized carbons (Fsp3) is 0.917. The molecule has 4 saturated carbocycles. The molecule has 0 aromatic rings. The van der Waals surface area contributed by atoms with Crippen LogP contribution in [0.25, 0.3) is 0 Å². The van der Waals surface area contributed by atoms with Gasteiger partial charge in [0.05, 0.1) is 24.2 Å². The third kappa shape index (κ3) is 7.74. The fourth-order valence-electron chi connectivity index (χ4n) is 15.0. The summed E-state index contributed by atoms with van der Waals surface area (Å²) >= 11 is 0. The number of rotatable bonds is 8. The van der Waals surface area contributed by atoms with Crippen molar-refractivity contribution in [1.29, 1.82) is 0 Å². The molecule has 0 aromatic heterocycles. The van der Waals surface area contributed by atoms with Gasteiger partial charge in [-0.3, -0.25) is 4.79 Å².